The van der Waals surface area contributed by atoms with Gasteiger partial charge in [0.15, 0.2) is 0 Å². The van der Waals surface area contributed by atoms with Crippen LogP contribution in [-0.4, -0.2) is 47.4 Å². The summed E-state index contributed by atoms with van der Waals surface area (Å²) in [6.45, 7) is 4.87. The molecular formula is C52H101NO5. The molecule has 6 heteroatoms. The standard InChI is InChI=1S/C52H101NO5/c1-3-5-7-9-11-13-14-15-23-26-30-34-38-42-46-52(57)58-47-43-39-35-31-27-24-21-19-17-16-18-20-22-25-29-33-37-41-45-51(56)53-49(48-54)50(55)44-40-36-32-28-12-10-8-6-4-2/h40,44,49-50,54-55H,3-39,41-43,45-48H2,1-2H3,(H,53,56)/b44-40+. The van der Waals surface area contributed by atoms with E-state index in [1.807, 2.05) is 6.08 Å². The van der Waals surface area contributed by atoms with Gasteiger partial charge in [-0.1, -0.05) is 251 Å². The van der Waals surface area contributed by atoms with Crippen molar-refractivity contribution < 1.29 is 24.5 Å². The molecule has 6 nitrogen and oxygen atoms in total. The van der Waals surface area contributed by atoms with Crippen molar-refractivity contribution in [2.45, 2.75) is 296 Å². The summed E-state index contributed by atoms with van der Waals surface area (Å²) in [5, 5.41) is 22.9. The molecule has 1 amide bonds. The van der Waals surface area contributed by atoms with Crippen LogP contribution in [0.2, 0.25) is 0 Å². The average Bonchev–Trinajstić information content (AvgIpc) is 3.22. The first-order chi connectivity index (χ1) is 28.5. The van der Waals surface area contributed by atoms with Crippen LogP contribution in [0.25, 0.3) is 0 Å². The zero-order valence-electron chi connectivity index (χ0n) is 39.0. The summed E-state index contributed by atoms with van der Waals surface area (Å²) in [5.74, 6) is -0.0656. The smallest absolute Gasteiger partial charge is 0.305 e. The van der Waals surface area contributed by atoms with Gasteiger partial charge in [0.05, 0.1) is 25.4 Å². The van der Waals surface area contributed by atoms with E-state index in [2.05, 4.69) is 19.2 Å². The molecule has 0 saturated heterocycles. The molecule has 0 radical (unpaired) electrons. The highest BCUT2D eigenvalue weighted by molar-refractivity contribution is 5.76. The monoisotopic (exact) mass is 820 g/mol. The Morgan fingerprint density at radius 2 is 0.793 bits per heavy atom. The van der Waals surface area contributed by atoms with E-state index in [-0.39, 0.29) is 18.5 Å². The fourth-order valence-corrected chi connectivity index (χ4v) is 8.05. The van der Waals surface area contributed by atoms with Crippen LogP contribution >= 0.6 is 0 Å². The topological polar surface area (TPSA) is 95.9 Å². The Morgan fingerprint density at radius 3 is 1.17 bits per heavy atom. The summed E-state index contributed by atoms with van der Waals surface area (Å²) in [6, 6.07) is -0.627. The van der Waals surface area contributed by atoms with E-state index in [4.69, 9.17) is 4.74 Å². The number of aliphatic hydroxyl groups is 2. The van der Waals surface area contributed by atoms with Gasteiger partial charge in [0, 0.05) is 12.8 Å². The summed E-state index contributed by atoms with van der Waals surface area (Å²) >= 11 is 0. The van der Waals surface area contributed by atoms with E-state index in [0.717, 1.165) is 38.5 Å². The molecule has 0 spiro atoms. The van der Waals surface area contributed by atoms with Crippen LogP contribution < -0.4 is 5.32 Å². The zero-order chi connectivity index (χ0) is 42.3. The molecule has 2 unspecified atom stereocenters. The summed E-state index contributed by atoms with van der Waals surface area (Å²) < 4.78 is 5.47. The maximum Gasteiger partial charge on any atom is 0.305 e. The first-order valence-electron chi connectivity index (χ1n) is 26.0. The zero-order valence-corrected chi connectivity index (χ0v) is 39.0. The lowest BCUT2D eigenvalue weighted by Crippen LogP contribution is -2.45. The summed E-state index contributed by atoms with van der Waals surface area (Å²) in [7, 11) is 0. The first-order valence-corrected chi connectivity index (χ1v) is 26.0. The van der Waals surface area contributed by atoms with E-state index in [1.54, 1.807) is 6.08 Å². The number of unbranched alkanes of at least 4 members (excludes halogenated alkanes) is 37. The molecular weight excluding hydrogens is 719 g/mol. The third kappa shape index (κ3) is 44.2. The second-order valence-corrected chi connectivity index (χ2v) is 17.9. The van der Waals surface area contributed by atoms with Crippen LogP contribution in [0, 0.1) is 0 Å². The van der Waals surface area contributed by atoms with Crippen LogP contribution in [0.15, 0.2) is 12.2 Å². The molecule has 0 fully saturated rings. The Kier molecular flexibility index (Phi) is 47.1. The fraction of sp³-hybridized carbons (Fsp3) is 0.923. The molecule has 58 heavy (non-hydrogen) atoms. The molecule has 344 valence electrons. The van der Waals surface area contributed by atoms with Crippen molar-refractivity contribution in [1.82, 2.24) is 5.32 Å². The second kappa shape index (κ2) is 48.3. The minimum absolute atomic E-state index is 0.00849. The molecule has 0 rings (SSSR count). The molecule has 0 heterocycles. The lowest BCUT2D eigenvalue weighted by molar-refractivity contribution is -0.143. The number of ether oxygens (including phenoxy) is 1. The van der Waals surface area contributed by atoms with Crippen molar-refractivity contribution >= 4 is 11.9 Å². The summed E-state index contributed by atoms with van der Waals surface area (Å²) in [5.41, 5.74) is 0. The van der Waals surface area contributed by atoms with Gasteiger partial charge in [-0.2, -0.15) is 0 Å². The first kappa shape index (κ1) is 56.6. The number of allylic oxidation sites excluding steroid dienone is 1. The molecule has 0 aromatic rings. The van der Waals surface area contributed by atoms with Crippen molar-refractivity contribution in [2.24, 2.45) is 0 Å². The van der Waals surface area contributed by atoms with Gasteiger partial charge in [-0.05, 0) is 32.1 Å². The van der Waals surface area contributed by atoms with Crippen molar-refractivity contribution in [3.05, 3.63) is 12.2 Å². The normalized spacial score (nSPS) is 12.7. The van der Waals surface area contributed by atoms with Gasteiger partial charge in [0.2, 0.25) is 5.91 Å². The Balaban J connectivity index is 3.38. The van der Waals surface area contributed by atoms with Gasteiger partial charge in [-0.25, -0.2) is 0 Å². The van der Waals surface area contributed by atoms with E-state index in [9.17, 15) is 19.8 Å². The highest BCUT2D eigenvalue weighted by Crippen LogP contribution is 2.16. The van der Waals surface area contributed by atoms with Crippen molar-refractivity contribution in [1.29, 1.82) is 0 Å². The number of rotatable bonds is 48. The number of nitrogens with one attached hydrogen (secondary N) is 1. The number of esters is 1. The van der Waals surface area contributed by atoms with Crippen molar-refractivity contribution in [3.8, 4) is 0 Å². The van der Waals surface area contributed by atoms with Crippen LogP contribution in [0.1, 0.15) is 284 Å². The maximum atomic E-state index is 12.4. The molecule has 0 aliphatic rings. The summed E-state index contributed by atoms with van der Waals surface area (Å²) in [6.07, 6.45) is 55.1. The van der Waals surface area contributed by atoms with E-state index < -0.39 is 12.1 Å². The van der Waals surface area contributed by atoms with Crippen LogP contribution in [0.5, 0.6) is 0 Å². The van der Waals surface area contributed by atoms with Gasteiger partial charge >= 0.3 is 5.97 Å². The molecule has 3 N–H and O–H groups in total. The molecule has 0 aliphatic heterocycles. The average molecular weight is 820 g/mol. The van der Waals surface area contributed by atoms with Crippen molar-refractivity contribution in [2.75, 3.05) is 13.2 Å². The van der Waals surface area contributed by atoms with Crippen LogP contribution in [-0.2, 0) is 14.3 Å². The highest BCUT2D eigenvalue weighted by atomic mass is 16.5. The largest absolute Gasteiger partial charge is 0.466 e. The minimum Gasteiger partial charge on any atom is -0.466 e. The molecule has 2 atom stereocenters. The van der Waals surface area contributed by atoms with E-state index in [1.165, 1.54) is 218 Å². The Hall–Kier alpha value is -1.40. The van der Waals surface area contributed by atoms with Gasteiger partial charge < -0.3 is 20.3 Å². The number of hydrogen-bond acceptors (Lipinski definition) is 5. The summed E-state index contributed by atoms with van der Waals surface area (Å²) in [4.78, 5) is 24.4. The second-order valence-electron chi connectivity index (χ2n) is 17.9. The number of aliphatic hydroxyl groups excluding tert-OH is 2. The van der Waals surface area contributed by atoms with E-state index >= 15 is 0 Å². The predicted molar refractivity (Wildman–Crippen MR) is 250 cm³/mol. The lowest BCUT2D eigenvalue weighted by Gasteiger charge is -2.20. The molecule has 0 saturated carbocycles. The number of amides is 1. The number of hydrogen-bond donors (Lipinski definition) is 3. The van der Waals surface area contributed by atoms with Crippen LogP contribution in [0.4, 0.5) is 0 Å². The van der Waals surface area contributed by atoms with Gasteiger partial charge in [-0.15, -0.1) is 0 Å². The minimum atomic E-state index is -0.843. The Labute approximate surface area is 361 Å². The molecule has 0 bridgehead atoms. The third-order valence-electron chi connectivity index (χ3n) is 12.1. The molecule has 0 aromatic heterocycles. The number of carbonyl (C=O) groups is 2. The van der Waals surface area contributed by atoms with Gasteiger partial charge in [0.1, 0.15) is 0 Å². The molecule has 0 aliphatic carbocycles. The SMILES string of the molecule is CCCCCCCCC/C=C/C(O)C(CO)NC(=O)CCCCCCCCCCCCCCCCCCCCOC(=O)CCCCCCCCCCCCCCCC. The van der Waals surface area contributed by atoms with Crippen molar-refractivity contribution in [3.63, 3.8) is 0 Å². The molecule has 0 aromatic carbocycles. The predicted octanol–water partition coefficient (Wildman–Crippen LogP) is 15.3. The lowest BCUT2D eigenvalue weighted by atomic mass is 10.0. The van der Waals surface area contributed by atoms with Crippen LogP contribution in [0.3, 0.4) is 0 Å². The maximum absolute atomic E-state index is 12.4. The highest BCUT2D eigenvalue weighted by Gasteiger charge is 2.18. The van der Waals surface area contributed by atoms with Gasteiger partial charge in [0.25, 0.3) is 0 Å². The number of carbonyl (C=O) groups excluding carboxylic acids is 2. The quantitative estimate of drug-likeness (QED) is 0.0323. The van der Waals surface area contributed by atoms with Gasteiger partial charge in [-0.3, -0.25) is 9.59 Å². The Bertz CT molecular complexity index is 863. The third-order valence-corrected chi connectivity index (χ3v) is 12.1. The van der Waals surface area contributed by atoms with E-state index in [0.29, 0.717) is 19.4 Å². The Morgan fingerprint density at radius 1 is 0.466 bits per heavy atom. The fourth-order valence-electron chi connectivity index (χ4n) is 8.05.